The van der Waals surface area contributed by atoms with Crippen molar-refractivity contribution in [3.63, 3.8) is 0 Å². The molecule has 10 nitrogen and oxygen atoms in total. The Morgan fingerprint density at radius 2 is 2.12 bits per heavy atom. The second kappa shape index (κ2) is 8.57. The monoisotopic (exact) mass is 457 g/mol. The molecule has 3 heterocycles. The van der Waals surface area contributed by atoms with E-state index in [0.717, 1.165) is 5.69 Å². The minimum Gasteiger partial charge on any atom is -0.444 e. The number of benzene rings is 1. The number of hydrogen-bond acceptors (Lipinski definition) is 7. The van der Waals surface area contributed by atoms with Gasteiger partial charge in [-0.15, -0.1) is 0 Å². The topological polar surface area (TPSA) is 112 Å². The predicted octanol–water partition coefficient (Wildman–Crippen LogP) is 3.90. The summed E-state index contributed by atoms with van der Waals surface area (Å²) >= 11 is 0. The van der Waals surface area contributed by atoms with Gasteiger partial charge in [0.05, 0.1) is 29.9 Å². The second-order valence-corrected chi connectivity index (χ2v) is 8.64. The molecule has 4 rings (SSSR count). The lowest BCUT2D eigenvalue weighted by atomic mass is 10.1. The molecule has 0 aliphatic carbocycles. The number of rotatable bonds is 5. The maximum absolute atomic E-state index is 14.8. The summed E-state index contributed by atoms with van der Waals surface area (Å²) in [6.07, 6.45) is 2.37. The third-order valence-corrected chi connectivity index (χ3v) is 4.89. The van der Waals surface area contributed by atoms with Crippen LogP contribution in [0.4, 0.5) is 19.7 Å². The van der Waals surface area contributed by atoms with Gasteiger partial charge < -0.3 is 23.9 Å². The molecule has 1 aliphatic heterocycles. The van der Waals surface area contributed by atoms with E-state index in [2.05, 4.69) is 15.5 Å². The highest BCUT2D eigenvalue weighted by atomic mass is 19.1. The summed E-state index contributed by atoms with van der Waals surface area (Å²) in [7, 11) is 0. The lowest BCUT2D eigenvalue weighted by Gasteiger charge is -2.25. The quantitative estimate of drug-likeness (QED) is 0.618. The number of aromatic nitrogens is 3. The Labute approximate surface area is 189 Å². The Bertz CT molecular complexity index is 1150. The van der Waals surface area contributed by atoms with Crippen molar-refractivity contribution in [3.05, 3.63) is 60.3 Å². The van der Waals surface area contributed by atoms with Crippen LogP contribution in [-0.2, 0) is 9.47 Å². The summed E-state index contributed by atoms with van der Waals surface area (Å²) in [5.41, 5.74) is 1.01. The molecule has 174 valence electrons. The highest BCUT2D eigenvalue weighted by molar-refractivity contribution is 5.90. The van der Waals surface area contributed by atoms with E-state index in [1.807, 2.05) is 0 Å². The molecule has 2 atom stereocenters. The maximum atomic E-state index is 14.8. The van der Waals surface area contributed by atoms with Gasteiger partial charge in [0, 0.05) is 12.3 Å². The van der Waals surface area contributed by atoms with Gasteiger partial charge in [-0.2, -0.15) is 0 Å². The summed E-state index contributed by atoms with van der Waals surface area (Å²) in [5, 5.41) is 6.55. The number of hydrogen-bond donors (Lipinski definition) is 1. The number of carbonyl (C=O) groups excluding carboxylic acids is 2. The van der Waals surface area contributed by atoms with Gasteiger partial charge in [-0.05, 0) is 45.9 Å². The summed E-state index contributed by atoms with van der Waals surface area (Å²) in [6.45, 7) is 7.06. The fourth-order valence-corrected chi connectivity index (χ4v) is 3.47. The second-order valence-electron chi connectivity index (χ2n) is 8.64. The zero-order valence-corrected chi connectivity index (χ0v) is 18.6. The summed E-state index contributed by atoms with van der Waals surface area (Å²) in [6, 6.07) is 5.15. The van der Waals surface area contributed by atoms with Gasteiger partial charge in [0.15, 0.2) is 0 Å². The van der Waals surface area contributed by atoms with Crippen molar-refractivity contribution in [1.29, 1.82) is 0 Å². The molecule has 33 heavy (non-hydrogen) atoms. The number of halogens is 1. The van der Waals surface area contributed by atoms with Crippen LogP contribution in [0.25, 0.3) is 5.69 Å². The van der Waals surface area contributed by atoms with Gasteiger partial charge in [0.1, 0.15) is 35.5 Å². The van der Waals surface area contributed by atoms with Gasteiger partial charge in [-0.25, -0.2) is 19.0 Å². The molecule has 1 unspecified atom stereocenters. The molecule has 0 saturated carbocycles. The van der Waals surface area contributed by atoms with Crippen LogP contribution in [0.1, 0.15) is 38.2 Å². The van der Waals surface area contributed by atoms with Gasteiger partial charge in [-0.3, -0.25) is 4.90 Å². The van der Waals surface area contributed by atoms with E-state index in [-0.39, 0.29) is 6.54 Å². The molecule has 1 aliphatic rings. The maximum Gasteiger partial charge on any atom is 0.414 e. The van der Waals surface area contributed by atoms with Crippen LogP contribution >= 0.6 is 0 Å². The normalized spacial score (nSPS) is 17.1. The average Bonchev–Trinajstić information content (AvgIpc) is 3.46. The van der Waals surface area contributed by atoms with Gasteiger partial charge in [0.2, 0.25) is 0 Å². The number of nitrogens with one attached hydrogen (secondary N) is 1. The molecular formula is C22H24FN5O5. The van der Waals surface area contributed by atoms with E-state index in [1.54, 1.807) is 56.7 Å². The molecule has 1 aromatic carbocycles. The molecule has 0 bridgehead atoms. The van der Waals surface area contributed by atoms with Crippen LogP contribution in [0.5, 0.6) is 0 Å². The van der Waals surface area contributed by atoms with Crippen molar-refractivity contribution in [2.24, 2.45) is 0 Å². The smallest absolute Gasteiger partial charge is 0.414 e. The lowest BCUT2D eigenvalue weighted by Crippen LogP contribution is -2.41. The van der Waals surface area contributed by atoms with E-state index in [9.17, 15) is 14.0 Å². The van der Waals surface area contributed by atoms with Crippen LogP contribution in [0, 0.1) is 12.7 Å². The highest BCUT2D eigenvalue weighted by Gasteiger charge is 2.40. The fraction of sp³-hybridized carbons (Fsp3) is 0.364. The first-order valence-corrected chi connectivity index (χ1v) is 10.3. The molecule has 1 fully saturated rings. The van der Waals surface area contributed by atoms with Crippen molar-refractivity contribution in [2.75, 3.05) is 11.4 Å². The predicted molar refractivity (Wildman–Crippen MR) is 114 cm³/mol. The van der Waals surface area contributed by atoms with E-state index in [1.165, 1.54) is 23.6 Å². The zero-order valence-electron chi connectivity index (χ0n) is 18.6. The largest absolute Gasteiger partial charge is 0.444 e. The van der Waals surface area contributed by atoms with Gasteiger partial charge in [0.25, 0.3) is 0 Å². The third-order valence-electron chi connectivity index (χ3n) is 4.89. The van der Waals surface area contributed by atoms with Crippen molar-refractivity contribution in [1.82, 2.24) is 20.0 Å². The zero-order chi connectivity index (χ0) is 23.8. The van der Waals surface area contributed by atoms with Crippen LogP contribution in [0.2, 0.25) is 0 Å². The lowest BCUT2D eigenvalue weighted by molar-refractivity contribution is 0.0429. The molecule has 1 saturated heterocycles. The Kier molecular flexibility index (Phi) is 5.79. The number of anilines is 1. The Morgan fingerprint density at radius 1 is 1.33 bits per heavy atom. The Balaban J connectivity index is 1.54. The van der Waals surface area contributed by atoms with E-state index in [0.29, 0.717) is 17.1 Å². The Hall–Kier alpha value is -3.89. The number of alkyl carbamates (subject to hydrolysis) is 1. The van der Waals surface area contributed by atoms with E-state index in [4.69, 9.17) is 14.0 Å². The van der Waals surface area contributed by atoms with Crippen molar-refractivity contribution in [3.8, 4) is 5.69 Å². The first-order chi connectivity index (χ1) is 15.6. The number of nitrogens with zero attached hydrogens (tertiary/aromatic N) is 4. The molecule has 2 aromatic heterocycles. The van der Waals surface area contributed by atoms with Crippen molar-refractivity contribution >= 4 is 17.9 Å². The average molecular weight is 457 g/mol. The summed E-state index contributed by atoms with van der Waals surface area (Å²) < 4.78 is 32.1. The van der Waals surface area contributed by atoms with Crippen molar-refractivity contribution < 1.29 is 28.0 Å². The van der Waals surface area contributed by atoms with Crippen molar-refractivity contribution in [2.45, 2.75) is 45.4 Å². The molecule has 2 amide bonds. The molecule has 3 aromatic rings. The van der Waals surface area contributed by atoms with Crippen LogP contribution < -0.4 is 10.2 Å². The molecule has 0 spiro atoms. The minimum atomic E-state index is -0.828. The number of ether oxygens (including phenoxy) is 2. The molecular weight excluding hydrogens is 433 g/mol. The number of imidazole rings is 1. The molecule has 11 heteroatoms. The first kappa shape index (κ1) is 22.3. The first-order valence-electron chi connectivity index (χ1n) is 10.3. The number of amides is 2. The van der Waals surface area contributed by atoms with Gasteiger partial charge >= 0.3 is 12.2 Å². The number of cyclic esters (lactones) is 1. The fourth-order valence-electron chi connectivity index (χ4n) is 3.47. The highest BCUT2D eigenvalue weighted by Crippen LogP contribution is 2.30. The number of aryl methyl sites for hydroxylation is 1. The van der Waals surface area contributed by atoms with Crippen LogP contribution in [0.3, 0.4) is 0 Å². The molecule has 0 radical (unpaired) electrons. The Morgan fingerprint density at radius 3 is 2.73 bits per heavy atom. The third kappa shape index (κ3) is 4.97. The standard InChI is InChI=1S/C22H24FN5O5/c1-13-10-27(12-24-13)17-6-5-14(9-15(17)23)28-11-18(32-21(28)30)19(16-7-8-31-26-16)25-20(29)33-22(2,3)4/h5-10,12,18-19H,11H2,1-4H3,(H,25,29)/t18-,19?/m1/s1. The van der Waals surface area contributed by atoms with E-state index >= 15 is 0 Å². The molecule has 1 N–H and O–H groups in total. The van der Waals surface area contributed by atoms with Crippen LogP contribution in [-0.4, -0.2) is 45.1 Å². The van der Waals surface area contributed by atoms with E-state index < -0.39 is 35.8 Å². The van der Waals surface area contributed by atoms with Gasteiger partial charge in [-0.1, -0.05) is 5.16 Å². The SMILES string of the molecule is Cc1cn(-c2ccc(N3C[C@H](C(NC(=O)OC(C)(C)C)c4ccon4)OC3=O)cc2F)cn1. The van der Waals surface area contributed by atoms with Crippen LogP contribution in [0.15, 0.2) is 47.6 Å². The minimum absolute atomic E-state index is 0.0507. The summed E-state index contributed by atoms with van der Waals surface area (Å²) in [5.74, 6) is -0.527. The number of carbonyl (C=O) groups is 2. The summed E-state index contributed by atoms with van der Waals surface area (Å²) in [4.78, 5) is 30.4.